The summed E-state index contributed by atoms with van der Waals surface area (Å²) in [5, 5.41) is 9.15. The van der Waals surface area contributed by atoms with E-state index in [2.05, 4.69) is 6.07 Å². The first-order valence-corrected chi connectivity index (χ1v) is 5.52. The highest BCUT2D eigenvalue weighted by atomic mass is 16.2. The van der Waals surface area contributed by atoms with Crippen LogP contribution in [-0.2, 0) is 4.79 Å². The number of carbonyl (C=O) groups is 1. The molecule has 0 radical (unpaired) electrons. The van der Waals surface area contributed by atoms with E-state index >= 15 is 0 Å². The van der Waals surface area contributed by atoms with Gasteiger partial charge in [0, 0.05) is 12.2 Å². The van der Waals surface area contributed by atoms with Gasteiger partial charge in [-0.25, -0.2) is 0 Å². The maximum Gasteiger partial charge on any atom is 0.247 e. The second kappa shape index (κ2) is 3.97. The van der Waals surface area contributed by atoms with Crippen molar-refractivity contribution in [3.05, 3.63) is 30.3 Å². The predicted molar refractivity (Wildman–Crippen MR) is 61.7 cm³/mol. The molecule has 0 aromatic heterocycles. The number of anilines is 1. The molecular weight excluding hydrogens is 200 g/mol. The van der Waals surface area contributed by atoms with Gasteiger partial charge in [0.15, 0.2) is 0 Å². The molecule has 1 atom stereocenters. The van der Waals surface area contributed by atoms with Gasteiger partial charge in [-0.15, -0.1) is 0 Å². The van der Waals surface area contributed by atoms with Crippen LogP contribution in [0.1, 0.15) is 19.8 Å². The van der Waals surface area contributed by atoms with Gasteiger partial charge in [0.05, 0.1) is 6.07 Å². The SMILES string of the molecule is CCC1(C#N)CCN(c2ccccc2)C1=O. The fraction of sp³-hybridized carbons (Fsp3) is 0.385. The fourth-order valence-corrected chi connectivity index (χ4v) is 2.13. The number of carbonyl (C=O) groups excluding carboxylic acids is 1. The van der Waals surface area contributed by atoms with Gasteiger partial charge in [-0.2, -0.15) is 5.26 Å². The fourth-order valence-electron chi connectivity index (χ4n) is 2.13. The van der Waals surface area contributed by atoms with Gasteiger partial charge in [-0.05, 0) is 25.0 Å². The molecular formula is C13H14N2O. The van der Waals surface area contributed by atoms with E-state index in [1.807, 2.05) is 37.3 Å². The molecule has 3 heteroatoms. The van der Waals surface area contributed by atoms with Gasteiger partial charge in [-0.3, -0.25) is 4.79 Å². The summed E-state index contributed by atoms with van der Waals surface area (Å²) in [6.45, 7) is 2.54. The lowest BCUT2D eigenvalue weighted by Crippen LogP contribution is -2.33. The van der Waals surface area contributed by atoms with Crippen LogP contribution in [0.15, 0.2) is 30.3 Å². The normalized spacial score (nSPS) is 24.5. The molecule has 1 aliphatic heterocycles. The molecule has 1 heterocycles. The Balaban J connectivity index is 2.30. The third-order valence-corrected chi connectivity index (χ3v) is 3.30. The molecule has 16 heavy (non-hydrogen) atoms. The summed E-state index contributed by atoms with van der Waals surface area (Å²) in [4.78, 5) is 13.9. The molecule has 1 fully saturated rings. The van der Waals surface area contributed by atoms with Crippen molar-refractivity contribution in [3.63, 3.8) is 0 Å². The number of hydrogen-bond acceptors (Lipinski definition) is 2. The Hall–Kier alpha value is -1.82. The minimum Gasteiger partial charge on any atom is -0.311 e. The zero-order valence-corrected chi connectivity index (χ0v) is 9.31. The highest BCUT2D eigenvalue weighted by Gasteiger charge is 2.46. The van der Waals surface area contributed by atoms with Crippen LogP contribution >= 0.6 is 0 Å². The molecule has 0 spiro atoms. The van der Waals surface area contributed by atoms with Crippen molar-refractivity contribution in [1.29, 1.82) is 5.26 Å². The van der Waals surface area contributed by atoms with E-state index in [1.165, 1.54) is 0 Å². The summed E-state index contributed by atoms with van der Waals surface area (Å²) in [6.07, 6.45) is 1.22. The second-order valence-electron chi connectivity index (χ2n) is 4.09. The van der Waals surface area contributed by atoms with Crippen molar-refractivity contribution in [1.82, 2.24) is 0 Å². The average Bonchev–Trinajstić information content (AvgIpc) is 2.68. The number of hydrogen-bond donors (Lipinski definition) is 0. The molecule has 0 saturated carbocycles. The Morgan fingerprint density at radius 1 is 1.44 bits per heavy atom. The van der Waals surface area contributed by atoms with Crippen LogP contribution in [0, 0.1) is 16.7 Å². The zero-order chi connectivity index (χ0) is 11.6. The number of nitrogens with zero attached hydrogens (tertiary/aromatic N) is 2. The van der Waals surface area contributed by atoms with Crippen molar-refractivity contribution in [3.8, 4) is 6.07 Å². The van der Waals surface area contributed by atoms with E-state index in [1.54, 1.807) is 4.90 Å². The topological polar surface area (TPSA) is 44.1 Å². The molecule has 1 aromatic rings. The molecule has 0 N–H and O–H groups in total. The van der Waals surface area contributed by atoms with Gasteiger partial charge >= 0.3 is 0 Å². The minimum atomic E-state index is -0.796. The van der Waals surface area contributed by atoms with Crippen LogP contribution in [0.2, 0.25) is 0 Å². The van der Waals surface area contributed by atoms with E-state index in [4.69, 9.17) is 5.26 Å². The van der Waals surface area contributed by atoms with Gasteiger partial charge in [0.25, 0.3) is 0 Å². The van der Waals surface area contributed by atoms with Crippen molar-refractivity contribution in [2.24, 2.45) is 5.41 Å². The Labute approximate surface area is 95.3 Å². The summed E-state index contributed by atoms with van der Waals surface area (Å²) < 4.78 is 0. The predicted octanol–water partition coefficient (Wildman–Crippen LogP) is 2.34. The van der Waals surface area contributed by atoms with Crippen molar-refractivity contribution < 1.29 is 4.79 Å². The van der Waals surface area contributed by atoms with Crippen molar-refractivity contribution in [2.75, 3.05) is 11.4 Å². The van der Waals surface area contributed by atoms with E-state index in [0.717, 1.165) is 5.69 Å². The first-order valence-electron chi connectivity index (χ1n) is 5.52. The van der Waals surface area contributed by atoms with Crippen LogP contribution in [0.25, 0.3) is 0 Å². The van der Waals surface area contributed by atoms with Gasteiger partial charge in [0.2, 0.25) is 5.91 Å². The first kappa shape index (κ1) is 10.7. The molecule has 1 aliphatic rings. The van der Waals surface area contributed by atoms with Crippen LogP contribution in [0.5, 0.6) is 0 Å². The Morgan fingerprint density at radius 3 is 2.62 bits per heavy atom. The third-order valence-electron chi connectivity index (χ3n) is 3.30. The minimum absolute atomic E-state index is 0.0521. The van der Waals surface area contributed by atoms with Crippen molar-refractivity contribution >= 4 is 11.6 Å². The van der Waals surface area contributed by atoms with Crippen LogP contribution < -0.4 is 4.90 Å². The molecule has 3 nitrogen and oxygen atoms in total. The van der Waals surface area contributed by atoms with Gasteiger partial charge in [0.1, 0.15) is 5.41 Å². The average molecular weight is 214 g/mol. The second-order valence-corrected chi connectivity index (χ2v) is 4.09. The lowest BCUT2D eigenvalue weighted by atomic mass is 9.85. The van der Waals surface area contributed by atoms with E-state index in [-0.39, 0.29) is 5.91 Å². The number of para-hydroxylation sites is 1. The first-order chi connectivity index (χ1) is 7.73. The summed E-state index contributed by atoms with van der Waals surface area (Å²) in [6, 6.07) is 11.7. The zero-order valence-electron chi connectivity index (χ0n) is 9.31. The number of benzene rings is 1. The van der Waals surface area contributed by atoms with Crippen LogP contribution in [-0.4, -0.2) is 12.5 Å². The maximum atomic E-state index is 12.2. The van der Waals surface area contributed by atoms with Crippen molar-refractivity contribution in [2.45, 2.75) is 19.8 Å². The van der Waals surface area contributed by atoms with Crippen LogP contribution in [0.3, 0.4) is 0 Å². The molecule has 82 valence electrons. The molecule has 0 aliphatic carbocycles. The quantitative estimate of drug-likeness (QED) is 0.758. The smallest absolute Gasteiger partial charge is 0.247 e. The maximum absolute atomic E-state index is 12.2. The molecule has 1 unspecified atom stereocenters. The Bertz CT molecular complexity index is 435. The molecule has 0 bridgehead atoms. The molecule has 1 amide bonds. The largest absolute Gasteiger partial charge is 0.311 e. The van der Waals surface area contributed by atoms with Gasteiger partial charge in [-0.1, -0.05) is 25.1 Å². The van der Waals surface area contributed by atoms with Crippen LogP contribution in [0.4, 0.5) is 5.69 Å². The Kier molecular flexibility index (Phi) is 2.66. The monoisotopic (exact) mass is 214 g/mol. The van der Waals surface area contributed by atoms with E-state index in [9.17, 15) is 4.79 Å². The number of rotatable bonds is 2. The van der Waals surface area contributed by atoms with Gasteiger partial charge < -0.3 is 4.90 Å². The molecule has 1 aromatic carbocycles. The van der Waals surface area contributed by atoms with E-state index < -0.39 is 5.41 Å². The molecule has 1 saturated heterocycles. The summed E-state index contributed by atoms with van der Waals surface area (Å²) in [7, 11) is 0. The standard InChI is InChI=1S/C13H14N2O/c1-2-13(10-14)8-9-15(12(13)16)11-6-4-3-5-7-11/h3-7H,2,8-9H2,1H3. The number of amides is 1. The lowest BCUT2D eigenvalue weighted by molar-refractivity contribution is -0.123. The van der Waals surface area contributed by atoms with E-state index in [0.29, 0.717) is 19.4 Å². The highest BCUT2D eigenvalue weighted by molar-refractivity contribution is 6.01. The highest BCUT2D eigenvalue weighted by Crippen LogP contribution is 2.36. The molecule has 2 rings (SSSR count). The Morgan fingerprint density at radius 2 is 2.12 bits per heavy atom. The number of nitriles is 1. The summed E-state index contributed by atoms with van der Waals surface area (Å²) in [5.74, 6) is -0.0521. The summed E-state index contributed by atoms with van der Waals surface area (Å²) >= 11 is 0. The lowest BCUT2D eigenvalue weighted by Gasteiger charge is -2.19. The summed E-state index contributed by atoms with van der Waals surface area (Å²) in [5.41, 5.74) is 0.0913. The third kappa shape index (κ3) is 1.47.